The summed E-state index contributed by atoms with van der Waals surface area (Å²) in [4.78, 5) is 8.97. The van der Waals surface area contributed by atoms with Crippen molar-refractivity contribution in [3.8, 4) is 0 Å². The molecule has 0 unspecified atom stereocenters. The Labute approximate surface area is 122 Å². The van der Waals surface area contributed by atoms with Crippen molar-refractivity contribution in [3.63, 3.8) is 0 Å². The van der Waals surface area contributed by atoms with Gasteiger partial charge in [-0.15, -0.1) is 11.3 Å². The summed E-state index contributed by atoms with van der Waals surface area (Å²) in [5, 5.41) is 7.85. The molecule has 0 radical (unpaired) electrons. The second-order valence-corrected chi connectivity index (χ2v) is 6.00. The number of benzene rings is 1. The number of pyridine rings is 1. The van der Waals surface area contributed by atoms with Gasteiger partial charge in [-0.2, -0.15) is 0 Å². The molecule has 4 heteroatoms. The zero-order valence-corrected chi connectivity index (χ0v) is 12.5. The molecule has 0 aliphatic heterocycles. The molecule has 0 saturated heterocycles. The van der Waals surface area contributed by atoms with Crippen LogP contribution in [0.15, 0.2) is 35.7 Å². The first kappa shape index (κ1) is 13.2. The summed E-state index contributed by atoms with van der Waals surface area (Å²) in [5.74, 6) is 0. The molecular weight excluding hydrogens is 266 g/mol. The minimum atomic E-state index is 0.814. The van der Waals surface area contributed by atoms with Gasteiger partial charge in [-0.25, -0.2) is 4.98 Å². The van der Waals surface area contributed by atoms with Crippen LogP contribution >= 0.6 is 11.3 Å². The van der Waals surface area contributed by atoms with Crippen molar-refractivity contribution in [2.24, 2.45) is 0 Å². The number of nitrogens with one attached hydrogen (secondary N) is 1. The first-order valence-electron chi connectivity index (χ1n) is 6.69. The monoisotopic (exact) mass is 283 g/mol. The molecule has 20 heavy (non-hydrogen) atoms. The molecule has 0 atom stereocenters. The molecule has 3 rings (SSSR count). The van der Waals surface area contributed by atoms with Gasteiger partial charge in [0.15, 0.2) is 0 Å². The van der Waals surface area contributed by atoms with E-state index in [4.69, 9.17) is 0 Å². The minimum absolute atomic E-state index is 0.814. The fourth-order valence-corrected chi connectivity index (χ4v) is 2.82. The lowest BCUT2D eigenvalue weighted by Crippen LogP contribution is -2.12. The summed E-state index contributed by atoms with van der Waals surface area (Å²) in [5.41, 5.74) is 4.51. The van der Waals surface area contributed by atoms with Crippen LogP contribution in [0.1, 0.15) is 22.0 Å². The topological polar surface area (TPSA) is 37.8 Å². The molecule has 0 spiro atoms. The van der Waals surface area contributed by atoms with Crippen molar-refractivity contribution in [1.29, 1.82) is 0 Å². The van der Waals surface area contributed by atoms with Gasteiger partial charge in [-0.1, -0.05) is 12.1 Å². The Morgan fingerprint density at radius 1 is 1.05 bits per heavy atom. The molecule has 2 aromatic heterocycles. The smallest absolute Gasteiger partial charge is 0.0897 e. The number of hydrogen-bond donors (Lipinski definition) is 1. The summed E-state index contributed by atoms with van der Waals surface area (Å²) >= 11 is 1.69. The molecule has 102 valence electrons. The summed E-state index contributed by atoms with van der Waals surface area (Å²) in [7, 11) is 0. The van der Waals surface area contributed by atoms with Crippen LogP contribution in [0.4, 0.5) is 0 Å². The number of hydrogen-bond acceptors (Lipinski definition) is 4. The van der Waals surface area contributed by atoms with Crippen molar-refractivity contribution in [3.05, 3.63) is 57.7 Å². The van der Waals surface area contributed by atoms with Crippen LogP contribution in [0, 0.1) is 13.8 Å². The van der Waals surface area contributed by atoms with E-state index in [9.17, 15) is 0 Å². The fraction of sp³-hybridized carbons (Fsp3) is 0.250. The number of aryl methyl sites for hydroxylation is 2. The lowest BCUT2D eigenvalue weighted by molar-refractivity contribution is 0.682. The Morgan fingerprint density at radius 2 is 1.95 bits per heavy atom. The lowest BCUT2D eigenvalue weighted by Gasteiger charge is -2.05. The maximum absolute atomic E-state index is 4.52. The van der Waals surface area contributed by atoms with Crippen molar-refractivity contribution in [2.45, 2.75) is 26.9 Å². The molecule has 3 nitrogen and oxygen atoms in total. The molecule has 0 fully saturated rings. The highest BCUT2D eigenvalue weighted by molar-refractivity contribution is 7.09. The quantitative estimate of drug-likeness (QED) is 0.795. The van der Waals surface area contributed by atoms with E-state index in [-0.39, 0.29) is 0 Å². The third-order valence-electron chi connectivity index (χ3n) is 3.19. The second kappa shape index (κ2) is 5.69. The van der Waals surface area contributed by atoms with Gasteiger partial charge in [0.25, 0.3) is 0 Å². The van der Waals surface area contributed by atoms with E-state index in [1.165, 1.54) is 10.9 Å². The van der Waals surface area contributed by atoms with Crippen molar-refractivity contribution < 1.29 is 0 Å². The van der Waals surface area contributed by atoms with Crippen LogP contribution < -0.4 is 5.32 Å². The standard InChI is InChI=1S/C16H17N3S/c1-11-3-5-14-7-13(4-6-16(14)18-11)8-17-9-15-10-20-12(2)19-15/h3-7,10,17H,8-9H2,1-2H3. The van der Waals surface area contributed by atoms with Crippen LogP contribution in [0.2, 0.25) is 0 Å². The van der Waals surface area contributed by atoms with Crippen molar-refractivity contribution >= 4 is 22.2 Å². The first-order valence-corrected chi connectivity index (χ1v) is 7.57. The molecule has 0 saturated carbocycles. The zero-order valence-electron chi connectivity index (χ0n) is 11.7. The summed E-state index contributed by atoms with van der Waals surface area (Å²) < 4.78 is 0. The normalized spacial score (nSPS) is 11.1. The Kier molecular flexibility index (Phi) is 3.76. The van der Waals surface area contributed by atoms with Crippen molar-refractivity contribution in [2.75, 3.05) is 0 Å². The third-order valence-corrected chi connectivity index (χ3v) is 4.02. The largest absolute Gasteiger partial charge is 0.307 e. The lowest BCUT2D eigenvalue weighted by atomic mass is 10.1. The highest BCUT2D eigenvalue weighted by Crippen LogP contribution is 2.15. The van der Waals surface area contributed by atoms with E-state index < -0.39 is 0 Å². The predicted molar refractivity (Wildman–Crippen MR) is 83.9 cm³/mol. The van der Waals surface area contributed by atoms with Gasteiger partial charge in [0.05, 0.1) is 16.2 Å². The van der Waals surface area contributed by atoms with E-state index >= 15 is 0 Å². The van der Waals surface area contributed by atoms with Crippen molar-refractivity contribution in [1.82, 2.24) is 15.3 Å². The maximum atomic E-state index is 4.52. The van der Waals surface area contributed by atoms with Gasteiger partial charge in [-0.3, -0.25) is 4.98 Å². The molecule has 0 bridgehead atoms. The third kappa shape index (κ3) is 3.03. The van der Waals surface area contributed by atoms with E-state index in [1.807, 2.05) is 13.8 Å². The molecule has 3 aromatic rings. The van der Waals surface area contributed by atoms with Gasteiger partial charge < -0.3 is 5.32 Å². The van der Waals surface area contributed by atoms with Crippen LogP contribution in [-0.4, -0.2) is 9.97 Å². The van der Waals surface area contributed by atoms with Gasteiger partial charge in [0, 0.05) is 29.5 Å². The van der Waals surface area contributed by atoms with E-state index in [0.29, 0.717) is 0 Å². The van der Waals surface area contributed by atoms with Crippen LogP contribution in [-0.2, 0) is 13.1 Å². The number of rotatable bonds is 4. The summed E-state index contributed by atoms with van der Waals surface area (Å²) in [6.45, 7) is 5.71. The molecular formula is C16H17N3S. The average molecular weight is 283 g/mol. The van der Waals surface area contributed by atoms with Crippen LogP contribution in [0.25, 0.3) is 10.9 Å². The highest BCUT2D eigenvalue weighted by atomic mass is 32.1. The maximum Gasteiger partial charge on any atom is 0.0897 e. The fourth-order valence-electron chi connectivity index (χ4n) is 2.21. The Bertz CT molecular complexity index is 733. The molecule has 2 heterocycles. The number of fused-ring (bicyclic) bond motifs is 1. The van der Waals surface area contributed by atoms with Crippen LogP contribution in [0.5, 0.6) is 0 Å². The van der Waals surface area contributed by atoms with E-state index in [1.54, 1.807) is 11.3 Å². The predicted octanol–water partition coefficient (Wildman–Crippen LogP) is 3.60. The molecule has 0 aliphatic carbocycles. The number of nitrogens with zero attached hydrogens (tertiary/aromatic N) is 2. The first-order chi connectivity index (χ1) is 9.70. The Balaban J connectivity index is 1.67. The van der Waals surface area contributed by atoms with Gasteiger partial charge >= 0.3 is 0 Å². The van der Waals surface area contributed by atoms with Gasteiger partial charge in [0.1, 0.15) is 0 Å². The molecule has 0 aliphatic rings. The highest BCUT2D eigenvalue weighted by Gasteiger charge is 2.00. The SMILES string of the molecule is Cc1ccc2cc(CNCc3csc(C)n3)ccc2n1. The average Bonchev–Trinajstić information content (AvgIpc) is 2.85. The van der Waals surface area contributed by atoms with Gasteiger partial charge in [-0.05, 0) is 37.6 Å². The summed E-state index contributed by atoms with van der Waals surface area (Å²) in [6.07, 6.45) is 0. The second-order valence-electron chi connectivity index (χ2n) is 4.94. The minimum Gasteiger partial charge on any atom is -0.307 e. The molecule has 1 N–H and O–H groups in total. The molecule has 0 amide bonds. The molecule has 1 aromatic carbocycles. The zero-order chi connectivity index (χ0) is 13.9. The van der Waals surface area contributed by atoms with Crippen LogP contribution in [0.3, 0.4) is 0 Å². The Hall–Kier alpha value is -1.78. The Morgan fingerprint density at radius 3 is 2.75 bits per heavy atom. The number of aromatic nitrogens is 2. The van der Waals surface area contributed by atoms with Gasteiger partial charge in [0.2, 0.25) is 0 Å². The summed E-state index contributed by atoms with van der Waals surface area (Å²) in [6, 6.07) is 10.6. The van der Waals surface area contributed by atoms with E-state index in [0.717, 1.165) is 35.0 Å². The number of thiazole rings is 1. The van der Waals surface area contributed by atoms with E-state index in [2.05, 4.69) is 51.0 Å².